The second-order valence-electron chi connectivity index (χ2n) is 3.77. The van der Waals surface area contributed by atoms with Crippen LogP contribution in [0.4, 0.5) is 8.78 Å². The molecule has 0 aliphatic carbocycles. The van der Waals surface area contributed by atoms with Crippen molar-refractivity contribution >= 4 is 22.8 Å². The lowest BCUT2D eigenvalue weighted by molar-refractivity contribution is -0.133. The molecule has 0 fully saturated rings. The van der Waals surface area contributed by atoms with Crippen LogP contribution in [-0.2, 0) is 4.79 Å². The van der Waals surface area contributed by atoms with Gasteiger partial charge in [0.05, 0.1) is 0 Å². The molecule has 0 atom stereocenters. The van der Waals surface area contributed by atoms with Crippen molar-refractivity contribution in [3.05, 3.63) is 53.6 Å². The highest BCUT2D eigenvalue weighted by Crippen LogP contribution is 2.22. The van der Waals surface area contributed by atoms with E-state index in [9.17, 15) is 13.6 Å². The molecule has 2 aromatic carbocycles. The van der Waals surface area contributed by atoms with Gasteiger partial charge in [-0.3, -0.25) is 0 Å². The van der Waals surface area contributed by atoms with Crippen LogP contribution in [0, 0.1) is 0 Å². The first kappa shape index (κ1) is 12.2. The van der Waals surface area contributed by atoms with E-state index in [2.05, 4.69) is 0 Å². The maximum atomic E-state index is 12.6. The summed E-state index contributed by atoms with van der Waals surface area (Å²) in [7, 11) is 0. The molecule has 2 nitrogen and oxygen atoms in total. The topological polar surface area (TPSA) is 37.3 Å². The maximum absolute atomic E-state index is 12.6. The predicted molar refractivity (Wildman–Crippen MR) is 65.6 cm³/mol. The number of carboxylic acid groups (broad SMARTS) is 1. The first-order valence-electron chi connectivity index (χ1n) is 5.30. The van der Waals surface area contributed by atoms with Crippen LogP contribution in [0.25, 0.3) is 16.8 Å². The molecule has 0 radical (unpaired) electrons. The Morgan fingerprint density at radius 2 is 1.78 bits per heavy atom. The second-order valence-corrected chi connectivity index (χ2v) is 3.77. The summed E-state index contributed by atoms with van der Waals surface area (Å²) in [5.74, 6) is -1.60. The minimum atomic E-state index is -3.00. The SMILES string of the molecule is O=C(O)C(=Cc1cccc2ccccc12)C(F)F. The zero-order valence-electron chi connectivity index (χ0n) is 9.31. The molecule has 0 aliphatic heterocycles. The summed E-state index contributed by atoms with van der Waals surface area (Å²) in [5.41, 5.74) is -0.419. The van der Waals surface area contributed by atoms with Gasteiger partial charge in [-0.05, 0) is 22.4 Å². The van der Waals surface area contributed by atoms with Gasteiger partial charge in [0.25, 0.3) is 6.43 Å². The van der Waals surface area contributed by atoms with Crippen LogP contribution in [0.2, 0.25) is 0 Å². The van der Waals surface area contributed by atoms with E-state index in [0.29, 0.717) is 5.56 Å². The number of fused-ring (bicyclic) bond motifs is 1. The maximum Gasteiger partial charge on any atom is 0.337 e. The zero-order chi connectivity index (χ0) is 13.1. The molecule has 0 heterocycles. The Labute approximate surface area is 102 Å². The van der Waals surface area contributed by atoms with Crippen LogP contribution in [0.1, 0.15) is 5.56 Å². The molecule has 0 aromatic heterocycles. The monoisotopic (exact) mass is 248 g/mol. The molecular formula is C14H10F2O2. The Bertz CT molecular complexity index is 613. The smallest absolute Gasteiger partial charge is 0.337 e. The molecule has 0 saturated heterocycles. The summed E-state index contributed by atoms with van der Waals surface area (Å²) in [4.78, 5) is 10.7. The summed E-state index contributed by atoms with van der Waals surface area (Å²) < 4.78 is 25.2. The predicted octanol–water partition coefficient (Wildman–Crippen LogP) is 3.57. The molecule has 4 heteroatoms. The fourth-order valence-corrected chi connectivity index (χ4v) is 1.76. The van der Waals surface area contributed by atoms with E-state index in [1.807, 2.05) is 18.2 Å². The lowest BCUT2D eigenvalue weighted by Crippen LogP contribution is -2.08. The minimum absolute atomic E-state index is 0.478. The summed E-state index contributed by atoms with van der Waals surface area (Å²) >= 11 is 0. The Kier molecular flexibility index (Phi) is 3.37. The van der Waals surface area contributed by atoms with Crippen LogP contribution in [0.3, 0.4) is 0 Å². The van der Waals surface area contributed by atoms with Crippen molar-refractivity contribution in [2.75, 3.05) is 0 Å². The zero-order valence-corrected chi connectivity index (χ0v) is 9.31. The molecule has 92 valence electrons. The number of rotatable bonds is 3. The van der Waals surface area contributed by atoms with Gasteiger partial charge in [-0.2, -0.15) is 0 Å². The summed E-state index contributed by atoms with van der Waals surface area (Å²) in [5, 5.41) is 10.4. The van der Waals surface area contributed by atoms with E-state index in [0.717, 1.165) is 16.8 Å². The first-order chi connectivity index (χ1) is 8.59. The number of hydrogen-bond acceptors (Lipinski definition) is 1. The Morgan fingerprint density at radius 1 is 1.11 bits per heavy atom. The molecule has 0 amide bonds. The van der Waals surface area contributed by atoms with Crippen molar-refractivity contribution < 1.29 is 18.7 Å². The Hall–Kier alpha value is -2.23. The fraction of sp³-hybridized carbons (Fsp3) is 0.0714. The van der Waals surface area contributed by atoms with Gasteiger partial charge in [0.2, 0.25) is 0 Å². The van der Waals surface area contributed by atoms with E-state index in [4.69, 9.17) is 5.11 Å². The van der Waals surface area contributed by atoms with Gasteiger partial charge in [0, 0.05) is 0 Å². The van der Waals surface area contributed by atoms with E-state index in [1.165, 1.54) is 0 Å². The number of aliphatic carboxylic acids is 1. The number of hydrogen-bond donors (Lipinski definition) is 1. The molecule has 2 rings (SSSR count). The molecule has 0 aliphatic rings. The van der Waals surface area contributed by atoms with Gasteiger partial charge in [-0.1, -0.05) is 42.5 Å². The fourth-order valence-electron chi connectivity index (χ4n) is 1.76. The van der Waals surface area contributed by atoms with Gasteiger partial charge >= 0.3 is 5.97 Å². The van der Waals surface area contributed by atoms with E-state index in [1.54, 1.807) is 24.3 Å². The van der Waals surface area contributed by atoms with Crippen LogP contribution < -0.4 is 0 Å². The van der Waals surface area contributed by atoms with E-state index < -0.39 is 18.0 Å². The van der Waals surface area contributed by atoms with E-state index >= 15 is 0 Å². The second kappa shape index (κ2) is 4.96. The molecule has 2 aromatic rings. The largest absolute Gasteiger partial charge is 0.478 e. The van der Waals surface area contributed by atoms with Crippen molar-refractivity contribution in [1.82, 2.24) is 0 Å². The van der Waals surface area contributed by atoms with Crippen molar-refractivity contribution in [3.63, 3.8) is 0 Å². The molecular weight excluding hydrogens is 238 g/mol. The van der Waals surface area contributed by atoms with Gasteiger partial charge < -0.3 is 5.11 Å². The molecule has 1 N–H and O–H groups in total. The molecule has 0 bridgehead atoms. The Balaban J connectivity index is 2.61. The number of carbonyl (C=O) groups is 1. The average Bonchev–Trinajstić information content (AvgIpc) is 2.35. The number of carboxylic acids is 1. The average molecular weight is 248 g/mol. The highest BCUT2D eigenvalue weighted by Gasteiger charge is 2.18. The van der Waals surface area contributed by atoms with Crippen LogP contribution in [0.15, 0.2) is 48.0 Å². The molecule has 0 unspecified atom stereocenters. The van der Waals surface area contributed by atoms with Gasteiger partial charge in [0.1, 0.15) is 5.57 Å². The lowest BCUT2D eigenvalue weighted by Gasteiger charge is -2.04. The molecule has 18 heavy (non-hydrogen) atoms. The lowest BCUT2D eigenvalue weighted by atomic mass is 10.0. The third-order valence-corrected chi connectivity index (χ3v) is 2.62. The van der Waals surface area contributed by atoms with Crippen molar-refractivity contribution in [2.45, 2.75) is 6.43 Å². The third kappa shape index (κ3) is 2.37. The highest BCUT2D eigenvalue weighted by molar-refractivity contribution is 5.98. The quantitative estimate of drug-likeness (QED) is 0.843. The van der Waals surface area contributed by atoms with Crippen molar-refractivity contribution in [2.24, 2.45) is 0 Å². The number of halogens is 2. The number of alkyl halides is 2. The first-order valence-corrected chi connectivity index (χ1v) is 5.30. The molecule has 0 spiro atoms. The summed E-state index contributed by atoms with van der Waals surface area (Å²) in [6, 6.07) is 12.4. The summed E-state index contributed by atoms with van der Waals surface area (Å²) in [6.07, 6.45) is -1.98. The summed E-state index contributed by atoms with van der Waals surface area (Å²) in [6.45, 7) is 0. The van der Waals surface area contributed by atoms with Gasteiger partial charge in [0.15, 0.2) is 0 Å². The number of benzene rings is 2. The van der Waals surface area contributed by atoms with Crippen molar-refractivity contribution in [3.8, 4) is 0 Å². The van der Waals surface area contributed by atoms with Crippen molar-refractivity contribution in [1.29, 1.82) is 0 Å². The van der Waals surface area contributed by atoms with Crippen LogP contribution in [0.5, 0.6) is 0 Å². The standard InChI is InChI=1S/C14H10F2O2/c15-13(16)12(14(17)18)8-10-6-3-5-9-4-1-2-7-11(9)10/h1-8,13H,(H,17,18). The Morgan fingerprint density at radius 3 is 2.44 bits per heavy atom. The van der Waals surface area contributed by atoms with E-state index in [-0.39, 0.29) is 0 Å². The van der Waals surface area contributed by atoms with Gasteiger partial charge in [-0.15, -0.1) is 0 Å². The normalized spacial score (nSPS) is 12.1. The third-order valence-electron chi connectivity index (χ3n) is 2.62. The van der Waals surface area contributed by atoms with Gasteiger partial charge in [-0.25, -0.2) is 13.6 Å². The van der Waals surface area contributed by atoms with Crippen LogP contribution in [-0.4, -0.2) is 17.5 Å². The minimum Gasteiger partial charge on any atom is -0.478 e. The highest BCUT2D eigenvalue weighted by atomic mass is 19.3. The molecule has 0 saturated carbocycles. The van der Waals surface area contributed by atoms with Crippen LogP contribution >= 0.6 is 0 Å².